The van der Waals surface area contributed by atoms with E-state index in [0.29, 0.717) is 17.9 Å². The van der Waals surface area contributed by atoms with Crippen molar-refractivity contribution in [3.63, 3.8) is 0 Å². The molecule has 1 aliphatic carbocycles. The summed E-state index contributed by atoms with van der Waals surface area (Å²) in [6.07, 6.45) is 1.17. The minimum atomic E-state index is 0.403. The highest BCUT2D eigenvalue weighted by Crippen LogP contribution is 2.46. The highest BCUT2D eigenvalue weighted by atomic mass is 16.2. The van der Waals surface area contributed by atoms with Crippen LogP contribution in [0.5, 0.6) is 0 Å². The topological polar surface area (TPSA) is 20.3 Å². The molecule has 2 atom stereocenters. The molecule has 70 valence electrons. The number of amides is 1. The van der Waals surface area contributed by atoms with Gasteiger partial charge < -0.3 is 4.90 Å². The second kappa shape index (κ2) is 3.46. The van der Waals surface area contributed by atoms with Gasteiger partial charge in [-0.25, -0.2) is 0 Å². The molecule has 0 radical (unpaired) electrons. The Morgan fingerprint density at radius 3 is 2.25 bits per heavy atom. The fourth-order valence-corrected chi connectivity index (χ4v) is 1.77. The zero-order valence-corrected chi connectivity index (χ0v) is 8.50. The molecule has 0 N–H and O–H groups in total. The molecule has 1 heterocycles. The van der Waals surface area contributed by atoms with Gasteiger partial charge in [-0.15, -0.1) is 0 Å². The van der Waals surface area contributed by atoms with Crippen LogP contribution in [-0.2, 0) is 4.79 Å². The molecule has 2 heteroatoms. The first kappa shape index (κ1) is 9.56. The molecule has 0 spiro atoms. The van der Waals surface area contributed by atoms with Crippen LogP contribution in [-0.4, -0.2) is 23.4 Å². The lowest BCUT2D eigenvalue weighted by Crippen LogP contribution is -2.34. The van der Waals surface area contributed by atoms with E-state index in [4.69, 9.17) is 0 Å². The lowest BCUT2D eigenvalue weighted by Gasteiger charge is -2.22. The van der Waals surface area contributed by atoms with Crippen LogP contribution in [0, 0.1) is 11.8 Å². The van der Waals surface area contributed by atoms with E-state index >= 15 is 0 Å². The van der Waals surface area contributed by atoms with Crippen molar-refractivity contribution >= 4 is 5.91 Å². The van der Waals surface area contributed by atoms with Crippen LogP contribution >= 0.6 is 0 Å². The molecular weight excluding hydrogens is 150 g/mol. The second-order valence-electron chi connectivity index (χ2n) is 3.69. The van der Waals surface area contributed by atoms with Gasteiger partial charge in [-0.1, -0.05) is 13.8 Å². The molecule has 0 aromatic carbocycles. The van der Waals surface area contributed by atoms with Crippen LogP contribution in [0.1, 0.15) is 34.1 Å². The Kier molecular flexibility index (Phi) is 2.76. The van der Waals surface area contributed by atoms with Gasteiger partial charge in [0.05, 0.1) is 0 Å². The van der Waals surface area contributed by atoms with Crippen molar-refractivity contribution < 1.29 is 4.79 Å². The summed E-state index contributed by atoms with van der Waals surface area (Å²) in [7, 11) is 0. The predicted molar refractivity (Wildman–Crippen MR) is 49.8 cm³/mol. The number of carbonyl (C=O) groups excluding carboxylic acids is 1. The molecule has 2 fully saturated rings. The fraction of sp³-hybridized carbons (Fsp3) is 0.900. The Labute approximate surface area is 74.9 Å². The van der Waals surface area contributed by atoms with Crippen molar-refractivity contribution in [3.8, 4) is 0 Å². The summed E-state index contributed by atoms with van der Waals surface area (Å²) < 4.78 is 0. The van der Waals surface area contributed by atoms with Crippen molar-refractivity contribution in [2.24, 2.45) is 11.8 Å². The normalized spacial score (nSPS) is 31.4. The van der Waals surface area contributed by atoms with Gasteiger partial charge in [0.1, 0.15) is 0 Å². The maximum atomic E-state index is 11.3. The van der Waals surface area contributed by atoms with Crippen LogP contribution in [0.25, 0.3) is 0 Å². The number of likely N-dealkylation sites (tertiary alicyclic amines) is 1. The fourth-order valence-electron chi connectivity index (χ4n) is 1.77. The van der Waals surface area contributed by atoms with E-state index in [1.807, 2.05) is 18.7 Å². The molecule has 0 aromatic rings. The highest BCUT2D eigenvalue weighted by molar-refractivity contribution is 5.84. The Bertz CT molecular complexity index is 177. The van der Waals surface area contributed by atoms with Crippen molar-refractivity contribution in [2.75, 3.05) is 6.54 Å². The van der Waals surface area contributed by atoms with Gasteiger partial charge in [-0.2, -0.15) is 0 Å². The third kappa shape index (κ3) is 1.47. The van der Waals surface area contributed by atoms with Gasteiger partial charge >= 0.3 is 0 Å². The molecule has 1 saturated carbocycles. The molecule has 1 aliphatic heterocycles. The van der Waals surface area contributed by atoms with E-state index in [1.54, 1.807) is 0 Å². The molecule has 2 unspecified atom stereocenters. The molecule has 1 amide bonds. The Hall–Kier alpha value is -0.530. The predicted octanol–water partition coefficient (Wildman–Crippen LogP) is 1.90. The summed E-state index contributed by atoms with van der Waals surface area (Å²) >= 11 is 0. The largest absolute Gasteiger partial charge is 0.340 e. The van der Waals surface area contributed by atoms with Gasteiger partial charge in [0.25, 0.3) is 0 Å². The Morgan fingerprint density at radius 1 is 1.42 bits per heavy atom. The summed E-state index contributed by atoms with van der Waals surface area (Å²) in [5.41, 5.74) is 0. The molecule has 12 heavy (non-hydrogen) atoms. The first-order valence-electron chi connectivity index (χ1n) is 5.00. The first-order valence-corrected chi connectivity index (χ1v) is 5.00. The van der Waals surface area contributed by atoms with Crippen LogP contribution in [0.2, 0.25) is 0 Å². The van der Waals surface area contributed by atoms with Crippen LogP contribution in [0.15, 0.2) is 0 Å². The van der Waals surface area contributed by atoms with Gasteiger partial charge in [0.2, 0.25) is 5.91 Å². The summed E-state index contributed by atoms with van der Waals surface area (Å²) in [5, 5.41) is 0. The average Bonchev–Trinajstić information content (AvgIpc) is 2.76. The van der Waals surface area contributed by atoms with Crippen molar-refractivity contribution in [1.82, 2.24) is 4.90 Å². The number of carbonyl (C=O) groups is 1. The van der Waals surface area contributed by atoms with Crippen LogP contribution in [0.3, 0.4) is 0 Å². The van der Waals surface area contributed by atoms with Crippen molar-refractivity contribution in [1.29, 1.82) is 0 Å². The second-order valence-corrected chi connectivity index (χ2v) is 3.69. The van der Waals surface area contributed by atoms with Gasteiger partial charge in [-0.05, 0) is 26.2 Å². The van der Waals surface area contributed by atoms with Gasteiger partial charge in [-0.3, -0.25) is 4.79 Å². The lowest BCUT2D eigenvalue weighted by molar-refractivity contribution is -0.131. The van der Waals surface area contributed by atoms with Crippen molar-refractivity contribution in [2.45, 2.75) is 40.2 Å². The average molecular weight is 169 g/mol. The van der Waals surface area contributed by atoms with E-state index in [0.717, 1.165) is 12.5 Å². The quantitative estimate of drug-likeness (QED) is 0.587. The molecule has 0 aromatic heterocycles. The molecule has 2 nitrogen and oxygen atoms in total. The SMILES string of the molecule is CC.CC(C)N1CC2CC2C1=O. The summed E-state index contributed by atoms with van der Waals surface area (Å²) in [5.74, 6) is 1.57. The minimum absolute atomic E-state index is 0.403. The number of hydrogen-bond donors (Lipinski definition) is 0. The summed E-state index contributed by atoms with van der Waals surface area (Å²) in [4.78, 5) is 13.3. The minimum Gasteiger partial charge on any atom is -0.340 e. The number of hydrogen-bond acceptors (Lipinski definition) is 1. The Morgan fingerprint density at radius 2 is 2.00 bits per heavy atom. The van der Waals surface area contributed by atoms with Crippen molar-refractivity contribution in [3.05, 3.63) is 0 Å². The first-order chi connectivity index (χ1) is 5.70. The third-order valence-corrected chi connectivity index (χ3v) is 2.58. The van der Waals surface area contributed by atoms with Gasteiger partial charge in [0, 0.05) is 18.5 Å². The zero-order valence-electron chi connectivity index (χ0n) is 8.50. The standard InChI is InChI=1S/C8H13NO.C2H6/c1-5(2)9-4-6-3-7(6)8(9)10;1-2/h5-7H,3-4H2,1-2H3;1-2H3. The van der Waals surface area contributed by atoms with E-state index in [-0.39, 0.29) is 0 Å². The maximum absolute atomic E-state index is 11.3. The summed E-state index contributed by atoms with van der Waals surface area (Å²) in [6, 6.07) is 0.417. The lowest BCUT2D eigenvalue weighted by atomic mass is 10.3. The van der Waals surface area contributed by atoms with E-state index < -0.39 is 0 Å². The number of piperidine rings is 1. The molecule has 2 rings (SSSR count). The maximum Gasteiger partial charge on any atom is 0.226 e. The zero-order chi connectivity index (χ0) is 9.30. The van der Waals surface area contributed by atoms with Gasteiger partial charge in [0.15, 0.2) is 0 Å². The number of fused-ring (bicyclic) bond motifs is 1. The Balaban J connectivity index is 0.000000336. The van der Waals surface area contributed by atoms with Crippen LogP contribution in [0.4, 0.5) is 0 Å². The van der Waals surface area contributed by atoms with E-state index in [1.165, 1.54) is 6.42 Å². The number of nitrogens with zero attached hydrogens (tertiary/aromatic N) is 1. The van der Waals surface area contributed by atoms with Crippen LogP contribution < -0.4 is 0 Å². The molecule has 0 bridgehead atoms. The number of rotatable bonds is 1. The molecule has 2 aliphatic rings. The highest BCUT2D eigenvalue weighted by Gasteiger charge is 2.52. The molecule has 1 saturated heterocycles. The molecular formula is C10H19NO. The third-order valence-electron chi connectivity index (χ3n) is 2.58. The smallest absolute Gasteiger partial charge is 0.226 e. The van der Waals surface area contributed by atoms with E-state index in [9.17, 15) is 4.79 Å². The van der Waals surface area contributed by atoms with E-state index in [2.05, 4.69) is 13.8 Å². The monoisotopic (exact) mass is 169 g/mol. The summed E-state index contributed by atoms with van der Waals surface area (Å²) in [6.45, 7) is 9.20.